The van der Waals surface area contributed by atoms with Crippen molar-refractivity contribution < 1.29 is 17.2 Å². The summed E-state index contributed by atoms with van der Waals surface area (Å²) in [5, 5.41) is 0. The summed E-state index contributed by atoms with van der Waals surface area (Å²) in [7, 11) is -3.94. The summed E-state index contributed by atoms with van der Waals surface area (Å²) >= 11 is 0. The molecule has 0 amide bonds. The molecule has 22 heavy (non-hydrogen) atoms. The lowest BCUT2D eigenvalue weighted by Crippen LogP contribution is -2.32. The lowest BCUT2D eigenvalue weighted by Gasteiger charge is -2.24. The summed E-state index contributed by atoms with van der Waals surface area (Å²) in [5.74, 6) is -2.25. The molecular weight excluding hydrogens is 308 g/mol. The van der Waals surface area contributed by atoms with Crippen molar-refractivity contribution in [2.75, 3.05) is 10.8 Å². The third-order valence-corrected chi connectivity index (χ3v) is 5.06. The van der Waals surface area contributed by atoms with Gasteiger partial charge in [0.1, 0.15) is 0 Å². The van der Waals surface area contributed by atoms with E-state index in [0.29, 0.717) is 18.2 Å². The SMILES string of the molecule is CCCCN(c1ccccc1)S(=O)(=O)c1ccc(F)c(F)c1. The van der Waals surface area contributed by atoms with Crippen molar-refractivity contribution in [3.05, 3.63) is 60.2 Å². The second-order valence-corrected chi connectivity index (χ2v) is 6.70. The van der Waals surface area contributed by atoms with E-state index in [9.17, 15) is 17.2 Å². The van der Waals surface area contributed by atoms with Gasteiger partial charge in [-0.2, -0.15) is 0 Å². The zero-order valence-electron chi connectivity index (χ0n) is 12.2. The molecule has 0 N–H and O–H groups in total. The molecule has 0 spiro atoms. The van der Waals surface area contributed by atoms with Gasteiger partial charge in [-0.3, -0.25) is 4.31 Å². The zero-order valence-corrected chi connectivity index (χ0v) is 13.0. The first kappa shape index (κ1) is 16.4. The van der Waals surface area contributed by atoms with Gasteiger partial charge >= 0.3 is 0 Å². The maximum absolute atomic E-state index is 13.4. The molecule has 0 radical (unpaired) electrons. The first-order chi connectivity index (χ1) is 10.5. The van der Waals surface area contributed by atoms with Crippen molar-refractivity contribution in [2.45, 2.75) is 24.7 Å². The summed E-state index contributed by atoms with van der Waals surface area (Å²) in [5.41, 5.74) is 0.501. The maximum Gasteiger partial charge on any atom is 0.264 e. The smallest absolute Gasteiger partial charge is 0.264 e. The van der Waals surface area contributed by atoms with E-state index in [2.05, 4.69) is 0 Å². The van der Waals surface area contributed by atoms with Crippen LogP contribution in [0.5, 0.6) is 0 Å². The Morgan fingerprint density at radius 1 is 1.00 bits per heavy atom. The average Bonchev–Trinajstić information content (AvgIpc) is 2.51. The highest BCUT2D eigenvalue weighted by atomic mass is 32.2. The van der Waals surface area contributed by atoms with Gasteiger partial charge < -0.3 is 0 Å². The number of unbranched alkanes of at least 4 members (excludes halogenated alkanes) is 1. The number of hydrogen-bond donors (Lipinski definition) is 0. The van der Waals surface area contributed by atoms with Crippen LogP contribution in [-0.4, -0.2) is 15.0 Å². The summed E-state index contributed by atoms with van der Waals surface area (Å²) in [6.07, 6.45) is 1.48. The van der Waals surface area contributed by atoms with Gasteiger partial charge in [-0.25, -0.2) is 17.2 Å². The van der Waals surface area contributed by atoms with Crippen LogP contribution in [0, 0.1) is 11.6 Å². The minimum absolute atomic E-state index is 0.258. The Bertz CT molecular complexity index is 733. The Kier molecular flexibility index (Phi) is 5.13. The van der Waals surface area contributed by atoms with Crippen molar-refractivity contribution in [2.24, 2.45) is 0 Å². The Morgan fingerprint density at radius 3 is 2.27 bits per heavy atom. The van der Waals surface area contributed by atoms with Crippen LogP contribution in [0.4, 0.5) is 14.5 Å². The van der Waals surface area contributed by atoms with Crippen LogP contribution in [0.3, 0.4) is 0 Å². The quantitative estimate of drug-likeness (QED) is 0.806. The first-order valence-electron chi connectivity index (χ1n) is 6.99. The van der Waals surface area contributed by atoms with Crippen molar-refractivity contribution >= 4 is 15.7 Å². The summed E-state index contributed by atoms with van der Waals surface area (Å²) < 4.78 is 53.1. The second kappa shape index (κ2) is 6.87. The molecule has 3 nitrogen and oxygen atoms in total. The predicted molar refractivity (Wildman–Crippen MR) is 82.2 cm³/mol. The molecule has 0 atom stereocenters. The van der Waals surface area contributed by atoms with E-state index in [1.54, 1.807) is 30.3 Å². The number of anilines is 1. The predicted octanol–water partition coefficient (Wildman–Crippen LogP) is 3.96. The number of benzene rings is 2. The Morgan fingerprint density at radius 2 is 1.68 bits per heavy atom. The van der Waals surface area contributed by atoms with Gasteiger partial charge in [-0.15, -0.1) is 0 Å². The van der Waals surface area contributed by atoms with E-state index >= 15 is 0 Å². The van der Waals surface area contributed by atoms with E-state index in [1.165, 1.54) is 4.31 Å². The average molecular weight is 325 g/mol. The number of nitrogens with zero attached hydrogens (tertiary/aromatic N) is 1. The standard InChI is InChI=1S/C16H17F2NO2S/c1-2-3-11-19(13-7-5-4-6-8-13)22(20,21)14-9-10-15(17)16(18)12-14/h4-10,12H,2-3,11H2,1H3. The lowest BCUT2D eigenvalue weighted by molar-refractivity contribution is 0.504. The second-order valence-electron chi connectivity index (χ2n) is 4.84. The third kappa shape index (κ3) is 3.44. The van der Waals surface area contributed by atoms with Crippen molar-refractivity contribution in [3.8, 4) is 0 Å². The highest BCUT2D eigenvalue weighted by Gasteiger charge is 2.25. The first-order valence-corrected chi connectivity index (χ1v) is 8.43. The summed E-state index contributed by atoms with van der Waals surface area (Å²) in [6.45, 7) is 2.23. The minimum atomic E-state index is -3.94. The highest BCUT2D eigenvalue weighted by Crippen LogP contribution is 2.25. The molecule has 118 valence electrons. The van der Waals surface area contributed by atoms with Crippen LogP contribution in [0.1, 0.15) is 19.8 Å². The van der Waals surface area contributed by atoms with Gasteiger partial charge in [0.25, 0.3) is 10.0 Å². The Hall–Kier alpha value is -1.95. The number of halogens is 2. The molecule has 0 heterocycles. The van der Waals surface area contributed by atoms with Gasteiger partial charge in [-0.05, 0) is 36.8 Å². The van der Waals surface area contributed by atoms with Gasteiger partial charge in [0.05, 0.1) is 10.6 Å². The monoisotopic (exact) mass is 325 g/mol. The fraction of sp³-hybridized carbons (Fsp3) is 0.250. The number of hydrogen-bond acceptors (Lipinski definition) is 2. The lowest BCUT2D eigenvalue weighted by atomic mass is 10.3. The fourth-order valence-electron chi connectivity index (χ4n) is 2.05. The molecule has 0 saturated carbocycles. The Balaban J connectivity index is 2.46. The molecule has 2 rings (SSSR count). The van der Waals surface area contributed by atoms with Crippen LogP contribution in [-0.2, 0) is 10.0 Å². The molecule has 2 aromatic rings. The molecular formula is C16H17F2NO2S. The molecule has 0 saturated heterocycles. The van der Waals surface area contributed by atoms with E-state index in [1.807, 2.05) is 6.92 Å². The summed E-state index contributed by atoms with van der Waals surface area (Å²) in [6, 6.07) is 11.2. The molecule has 0 unspecified atom stereocenters. The van der Waals surface area contributed by atoms with Crippen LogP contribution in [0.15, 0.2) is 53.4 Å². The van der Waals surface area contributed by atoms with Crippen LogP contribution < -0.4 is 4.31 Å². The third-order valence-electron chi connectivity index (χ3n) is 3.24. The van der Waals surface area contributed by atoms with E-state index in [4.69, 9.17) is 0 Å². The van der Waals surface area contributed by atoms with E-state index in [0.717, 1.165) is 18.6 Å². The maximum atomic E-state index is 13.4. The Labute approximate surface area is 129 Å². The zero-order chi connectivity index (χ0) is 16.2. The molecule has 0 fully saturated rings. The van der Waals surface area contributed by atoms with Crippen LogP contribution >= 0.6 is 0 Å². The number of sulfonamides is 1. The minimum Gasteiger partial charge on any atom is -0.266 e. The molecule has 2 aromatic carbocycles. The van der Waals surface area contributed by atoms with Crippen LogP contribution in [0.25, 0.3) is 0 Å². The summed E-state index contributed by atoms with van der Waals surface area (Å²) in [4.78, 5) is -0.258. The molecule has 0 bridgehead atoms. The normalized spacial score (nSPS) is 11.4. The van der Waals surface area contributed by atoms with Crippen LogP contribution in [0.2, 0.25) is 0 Å². The number of rotatable bonds is 6. The van der Waals surface area contributed by atoms with Crippen molar-refractivity contribution in [3.63, 3.8) is 0 Å². The van der Waals surface area contributed by atoms with Gasteiger partial charge in [0.2, 0.25) is 0 Å². The van der Waals surface area contributed by atoms with Crippen molar-refractivity contribution in [1.29, 1.82) is 0 Å². The van der Waals surface area contributed by atoms with Gasteiger partial charge in [0.15, 0.2) is 11.6 Å². The number of para-hydroxylation sites is 1. The largest absolute Gasteiger partial charge is 0.266 e. The van der Waals surface area contributed by atoms with E-state index in [-0.39, 0.29) is 11.4 Å². The topological polar surface area (TPSA) is 37.4 Å². The molecule has 0 aromatic heterocycles. The van der Waals surface area contributed by atoms with E-state index < -0.39 is 21.7 Å². The highest BCUT2D eigenvalue weighted by molar-refractivity contribution is 7.92. The molecule has 0 aliphatic carbocycles. The molecule has 0 aliphatic rings. The molecule has 0 aliphatic heterocycles. The molecule has 6 heteroatoms. The van der Waals surface area contributed by atoms with Gasteiger partial charge in [0, 0.05) is 6.54 Å². The van der Waals surface area contributed by atoms with Crippen molar-refractivity contribution in [1.82, 2.24) is 0 Å². The fourth-order valence-corrected chi connectivity index (χ4v) is 3.56. The van der Waals surface area contributed by atoms with Gasteiger partial charge in [-0.1, -0.05) is 31.5 Å².